The molecule has 0 saturated carbocycles. The Balaban J connectivity index is 0.897. The van der Waals surface area contributed by atoms with Gasteiger partial charge in [-0.05, 0) is 90.0 Å². The van der Waals surface area contributed by atoms with Crippen LogP contribution in [-0.4, -0.2) is 113 Å². The van der Waals surface area contributed by atoms with Crippen molar-refractivity contribution in [1.29, 1.82) is 0 Å². The van der Waals surface area contributed by atoms with E-state index in [4.69, 9.17) is 18.9 Å². The highest BCUT2D eigenvalue weighted by atomic mass is 32.2. The highest BCUT2D eigenvalue weighted by molar-refractivity contribution is 8.00. The van der Waals surface area contributed by atoms with Crippen molar-refractivity contribution in [3.8, 4) is 0 Å². The van der Waals surface area contributed by atoms with Gasteiger partial charge in [0.05, 0.1) is 48.7 Å². The van der Waals surface area contributed by atoms with Crippen LogP contribution in [0.3, 0.4) is 0 Å². The molecule has 5 aliphatic rings. The van der Waals surface area contributed by atoms with Crippen molar-refractivity contribution in [3.63, 3.8) is 0 Å². The molecule has 14 heteroatoms. The molecular weight excluding hydrogens is 871 g/mol. The molecule has 5 heterocycles. The lowest BCUT2D eigenvalue weighted by atomic mass is 10.00. The average Bonchev–Trinajstić information content (AvgIpc) is 4.16. The van der Waals surface area contributed by atoms with Crippen molar-refractivity contribution in [2.24, 2.45) is 0 Å². The molecule has 5 rings (SSSR count). The molecule has 0 spiro atoms. The van der Waals surface area contributed by atoms with Crippen molar-refractivity contribution in [3.05, 3.63) is 11.6 Å². The van der Waals surface area contributed by atoms with Crippen molar-refractivity contribution in [2.75, 3.05) is 12.3 Å². The van der Waals surface area contributed by atoms with Crippen LogP contribution in [-0.2, 0) is 33.3 Å². The number of unbranched alkanes of at least 4 members (excludes halogenated alkanes) is 17. The number of carbonyl (C=O) groups excluding carboxylic acids is 4. The lowest BCUT2D eigenvalue weighted by Crippen LogP contribution is -2.36. The van der Waals surface area contributed by atoms with Gasteiger partial charge in [-0.1, -0.05) is 116 Å². The molecule has 0 aromatic heterocycles. The van der Waals surface area contributed by atoms with E-state index in [9.17, 15) is 29.4 Å². The van der Waals surface area contributed by atoms with Gasteiger partial charge in [0.15, 0.2) is 0 Å². The van der Waals surface area contributed by atoms with Gasteiger partial charge >= 0.3 is 18.0 Å². The molecule has 4 fully saturated rings. The summed E-state index contributed by atoms with van der Waals surface area (Å²) in [5.74, 6) is 0.582. The van der Waals surface area contributed by atoms with Crippen molar-refractivity contribution < 1.29 is 48.3 Å². The van der Waals surface area contributed by atoms with Gasteiger partial charge in [-0.15, -0.1) is 0 Å². The van der Waals surface area contributed by atoms with E-state index >= 15 is 0 Å². The first kappa shape index (κ1) is 55.5. The quantitative estimate of drug-likeness (QED) is 0.0227. The number of nitrogens with one attached hydrogen (secondary N) is 3. The van der Waals surface area contributed by atoms with Gasteiger partial charge in [0.2, 0.25) is 5.91 Å². The van der Waals surface area contributed by atoms with E-state index in [1.807, 2.05) is 24.8 Å². The molecular formula is C53H91N3O10S. The minimum absolute atomic E-state index is 0.0372. The van der Waals surface area contributed by atoms with Crippen LogP contribution in [0.5, 0.6) is 0 Å². The summed E-state index contributed by atoms with van der Waals surface area (Å²) < 4.78 is 24.4. The predicted octanol–water partition coefficient (Wildman–Crippen LogP) is 9.81. The second-order valence-electron chi connectivity index (χ2n) is 20.5. The molecule has 5 aliphatic heterocycles. The Morgan fingerprint density at radius 2 is 1.36 bits per heavy atom. The molecule has 0 bridgehead atoms. The maximum absolute atomic E-state index is 13.2. The van der Waals surface area contributed by atoms with E-state index in [1.165, 1.54) is 51.4 Å². The number of rotatable bonds is 37. The summed E-state index contributed by atoms with van der Waals surface area (Å²) in [6.07, 6.45) is 30.9. The first-order chi connectivity index (χ1) is 32.6. The minimum Gasteiger partial charge on any atom is -0.460 e. The molecule has 0 aliphatic carbocycles. The van der Waals surface area contributed by atoms with Gasteiger partial charge < -0.3 is 45.1 Å². The Hall–Kier alpha value is -2.39. The number of thioether (sulfide) groups is 1. The molecule has 3 amide bonds. The fraction of sp³-hybridized carbons (Fsp3) is 0.887. The first-order valence-electron chi connectivity index (χ1n) is 27.3. The van der Waals surface area contributed by atoms with E-state index in [2.05, 4.69) is 22.9 Å². The second kappa shape index (κ2) is 31.8. The Bertz CT molecular complexity index is 1490. The molecule has 0 aromatic rings. The van der Waals surface area contributed by atoms with Crippen LogP contribution in [0.1, 0.15) is 219 Å². The molecule has 11 atom stereocenters. The van der Waals surface area contributed by atoms with Crippen LogP contribution in [0, 0.1) is 0 Å². The van der Waals surface area contributed by atoms with E-state index in [0.29, 0.717) is 43.1 Å². The van der Waals surface area contributed by atoms with Crippen LogP contribution < -0.4 is 16.0 Å². The summed E-state index contributed by atoms with van der Waals surface area (Å²) in [6.45, 7) is 4.70. The predicted molar refractivity (Wildman–Crippen MR) is 265 cm³/mol. The standard InChI is InChI=1S/C53H91N3O10S/c1-3-4-5-6-7-12-15-19-26-44(66-50(60)29-20-16-23-34-54-49(59)28-22-21-27-48-51-41(37-67-48)55-53(62)56-51)45-32-33-47(65-45)46-31-30-43(64-46)42(58)25-18-14-11-9-8-10-13-17-24-40(57)36-39-35-38(2)63-52(39)61/h35,38,40-48,51,57-58H,3-34,36-37H2,1-2H3,(H,54,59)(H2,55,56,62)/t38-,40+,41-,42+,43+,44-,45+,46+,47+,48-,51-/m0/s1. The summed E-state index contributed by atoms with van der Waals surface area (Å²) in [6, 6.07) is 0.385. The molecule has 4 saturated heterocycles. The van der Waals surface area contributed by atoms with Crippen molar-refractivity contribution >= 4 is 35.6 Å². The fourth-order valence-electron chi connectivity index (χ4n) is 10.8. The number of carbonyl (C=O) groups is 4. The number of amides is 3. The maximum atomic E-state index is 13.2. The Morgan fingerprint density at radius 1 is 0.746 bits per heavy atom. The number of aliphatic hydroxyl groups excluding tert-OH is 2. The van der Waals surface area contributed by atoms with Crippen molar-refractivity contribution in [2.45, 2.75) is 285 Å². The fourth-order valence-corrected chi connectivity index (χ4v) is 12.3. The highest BCUT2D eigenvalue weighted by Crippen LogP contribution is 2.36. The number of fused-ring (bicyclic) bond motifs is 1. The van der Waals surface area contributed by atoms with Gasteiger partial charge in [0, 0.05) is 42.4 Å². The summed E-state index contributed by atoms with van der Waals surface area (Å²) in [5, 5.41) is 30.8. The van der Waals surface area contributed by atoms with Crippen LogP contribution in [0.25, 0.3) is 0 Å². The zero-order valence-corrected chi connectivity index (χ0v) is 42.4. The SMILES string of the molecule is CCCCCCCCCC[C@H](OC(=O)CCCCCNC(=O)CCCC[C@@H]1SC[C@@H]2NC(=O)N[C@@H]21)[C@H]1CC[C@H]([C@H]2CC[C@H]([C@H](O)CCCCCCCCCC[C@@H](O)CC3=C[C@H](C)OC3=O)O2)O1. The lowest BCUT2D eigenvalue weighted by molar-refractivity contribution is -0.161. The maximum Gasteiger partial charge on any atom is 0.334 e. The van der Waals surface area contributed by atoms with E-state index < -0.39 is 12.2 Å². The third-order valence-electron chi connectivity index (χ3n) is 14.7. The van der Waals surface area contributed by atoms with Crippen LogP contribution in [0.15, 0.2) is 11.6 Å². The van der Waals surface area contributed by atoms with Gasteiger partial charge in [0.1, 0.15) is 12.2 Å². The normalized spacial score (nSPS) is 27.0. The van der Waals surface area contributed by atoms with Gasteiger partial charge in [-0.3, -0.25) is 9.59 Å². The van der Waals surface area contributed by atoms with E-state index in [-0.39, 0.29) is 72.6 Å². The summed E-state index contributed by atoms with van der Waals surface area (Å²) in [7, 11) is 0. The smallest absolute Gasteiger partial charge is 0.334 e. The molecule has 384 valence electrons. The molecule has 5 N–H and O–H groups in total. The zero-order valence-electron chi connectivity index (χ0n) is 41.5. The minimum atomic E-state index is -0.487. The molecule has 67 heavy (non-hydrogen) atoms. The summed E-state index contributed by atoms with van der Waals surface area (Å²) >= 11 is 1.91. The third kappa shape index (κ3) is 20.9. The monoisotopic (exact) mass is 962 g/mol. The number of esters is 2. The Morgan fingerprint density at radius 3 is 2.04 bits per heavy atom. The number of hydrogen-bond donors (Lipinski definition) is 5. The molecule has 13 nitrogen and oxygen atoms in total. The van der Waals surface area contributed by atoms with Gasteiger partial charge in [-0.25, -0.2) is 9.59 Å². The summed E-state index contributed by atoms with van der Waals surface area (Å²) in [4.78, 5) is 49.0. The van der Waals surface area contributed by atoms with Crippen LogP contribution in [0.2, 0.25) is 0 Å². The molecule has 0 radical (unpaired) electrons. The number of ether oxygens (including phenoxy) is 4. The Kier molecular flexibility index (Phi) is 26.3. The number of hydrogen-bond acceptors (Lipinski definition) is 11. The average molecular weight is 962 g/mol. The highest BCUT2D eigenvalue weighted by Gasteiger charge is 2.43. The number of urea groups is 1. The topological polar surface area (TPSA) is 182 Å². The van der Waals surface area contributed by atoms with Crippen LogP contribution >= 0.6 is 11.8 Å². The van der Waals surface area contributed by atoms with Crippen molar-refractivity contribution in [1.82, 2.24) is 16.0 Å². The van der Waals surface area contributed by atoms with Gasteiger partial charge in [-0.2, -0.15) is 11.8 Å². The lowest BCUT2D eigenvalue weighted by Gasteiger charge is -2.26. The van der Waals surface area contributed by atoms with E-state index in [1.54, 1.807) is 0 Å². The van der Waals surface area contributed by atoms with Crippen LogP contribution in [0.4, 0.5) is 4.79 Å². The summed E-state index contributed by atoms with van der Waals surface area (Å²) in [5.41, 5.74) is 0.604. The third-order valence-corrected chi connectivity index (χ3v) is 16.3. The second-order valence-corrected chi connectivity index (χ2v) is 21.8. The molecule has 0 aromatic carbocycles. The van der Waals surface area contributed by atoms with E-state index in [0.717, 1.165) is 134 Å². The largest absolute Gasteiger partial charge is 0.460 e. The molecule has 0 unspecified atom stereocenters. The number of aliphatic hydroxyl groups is 2. The zero-order chi connectivity index (χ0) is 47.6. The Labute approximate surface area is 407 Å². The first-order valence-corrected chi connectivity index (χ1v) is 28.4. The number of cyclic esters (lactones) is 1. The van der Waals surface area contributed by atoms with Gasteiger partial charge in [0.25, 0.3) is 0 Å².